The van der Waals surface area contributed by atoms with Crippen LogP contribution in [0.4, 0.5) is 0 Å². The van der Waals surface area contributed by atoms with Gasteiger partial charge in [0.1, 0.15) is 0 Å². The topological polar surface area (TPSA) is 15.3 Å². The molecule has 0 fully saturated rings. The number of nitrogens with one attached hydrogen (secondary N) is 1. The Balaban J connectivity index is 2.59. The number of nitrogens with zero attached hydrogens (tertiary/aromatic N) is 1. The zero-order chi connectivity index (χ0) is 15.2. The van der Waals surface area contributed by atoms with Crippen molar-refractivity contribution in [1.29, 1.82) is 0 Å². The van der Waals surface area contributed by atoms with Gasteiger partial charge in [0.15, 0.2) is 0 Å². The lowest BCUT2D eigenvalue weighted by molar-refractivity contribution is 0.237. The van der Waals surface area contributed by atoms with E-state index in [0.29, 0.717) is 6.04 Å². The van der Waals surface area contributed by atoms with Crippen LogP contribution in [-0.2, 0) is 13.1 Å². The van der Waals surface area contributed by atoms with E-state index >= 15 is 0 Å². The molecule has 0 bridgehead atoms. The summed E-state index contributed by atoms with van der Waals surface area (Å²) in [7, 11) is 0. The predicted molar refractivity (Wildman–Crippen MR) is 88.8 cm³/mol. The lowest BCUT2D eigenvalue weighted by atomic mass is 10.1. The predicted octanol–water partition coefficient (Wildman–Crippen LogP) is 3.97. The highest BCUT2D eigenvalue weighted by atomic mass is 15.1. The minimum Gasteiger partial charge on any atom is -0.308 e. The van der Waals surface area contributed by atoms with Gasteiger partial charge < -0.3 is 5.32 Å². The molecule has 1 aromatic carbocycles. The molecule has 0 heterocycles. The molecule has 112 valence electrons. The molecule has 0 aromatic heterocycles. The molecule has 20 heavy (non-hydrogen) atoms. The van der Waals surface area contributed by atoms with Crippen LogP contribution >= 0.6 is 0 Å². The van der Waals surface area contributed by atoms with Crippen LogP contribution < -0.4 is 5.32 Å². The van der Waals surface area contributed by atoms with Gasteiger partial charge in [0.25, 0.3) is 0 Å². The minimum absolute atomic E-state index is 0.164. The van der Waals surface area contributed by atoms with Gasteiger partial charge in [0.05, 0.1) is 0 Å². The molecule has 0 aliphatic heterocycles. The number of hydrogen-bond donors (Lipinski definition) is 1. The summed E-state index contributed by atoms with van der Waals surface area (Å²) in [4.78, 5) is 2.41. The van der Waals surface area contributed by atoms with E-state index in [0.717, 1.165) is 19.6 Å². The molecule has 0 saturated carbocycles. The average Bonchev–Trinajstić information content (AvgIpc) is 2.36. The van der Waals surface area contributed by atoms with Gasteiger partial charge in [0.2, 0.25) is 0 Å². The fraction of sp³-hybridized carbons (Fsp3) is 0.556. The van der Waals surface area contributed by atoms with Gasteiger partial charge >= 0.3 is 0 Å². The van der Waals surface area contributed by atoms with Crippen LogP contribution in [-0.4, -0.2) is 23.0 Å². The van der Waals surface area contributed by atoms with E-state index in [4.69, 9.17) is 0 Å². The SMILES string of the molecule is C=CCN(Cc1ccc(CNC(C)(C)C)cc1)C(C)C. The third kappa shape index (κ3) is 6.36. The second-order valence-electron chi connectivity index (χ2n) is 6.73. The average molecular weight is 274 g/mol. The lowest BCUT2D eigenvalue weighted by Gasteiger charge is -2.25. The Morgan fingerprint density at radius 3 is 2.15 bits per heavy atom. The number of rotatable bonds is 7. The molecular formula is C18H30N2. The van der Waals surface area contributed by atoms with Gasteiger partial charge in [-0.15, -0.1) is 6.58 Å². The van der Waals surface area contributed by atoms with Crippen molar-refractivity contribution in [1.82, 2.24) is 10.2 Å². The third-order valence-electron chi connectivity index (χ3n) is 3.33. The number of hydrogen-bond acceptors (Lipinski definition) is 2. The third-order valence-corrected chi connectivity index (χ3v) is 3.33. The zero-order valence-corrected chi connectivity index (χ0v) is 13.7. The first-order chi connectivity index (χ1) is 9.31. The Kier molecular flexibility index (Phi) is 6.44. The van der Waals surface area contributed by atoms with Crippen molar-refractivity contribution in [3.05, 3.63) is 48.0 Å². The minimum atomic E-state index is 0.164. The molecule has 1 aromatic rings. The summed E-state index contributed by atoms with van der Waals surface area (Å²) in [5, 5.41) is 3.51. The molecule has 1 rings (SSSR count). The second kappa shape index (κ2) is 7.61. The molecule has 1 N–H and O–H groups in total. The Morgan fingerprint density at radius 2 is 1.70 bits per heavy atom. The van der Waals surface area contributed by atoms with Gasteiger partial charge in [0, 0.05) is 31.2 Å². The van der Waals surface area contributed by atoms with Crippen molar-refractivity contribution in [3.63, 3.8) is 0 Å². The van der Waals surface area contributed by atoms with Crippen molar-refractivity contribution in [2.45, 2.75) is 59.3 Å². The first-order valence-corrected chi connectivity index (χ1v) is 7.49. The van der Waals surface area contributed by atoms with Crippen molar-refractivity contribution < 1.29 is 0 Å². The summed E-state index contributed by atoms with van der Waals surface area (Å²) in [5.41, 5.74) is 2.86. The maximum atomic E-state index is 3.84. The van der Waals surface area contributed by atoms with E-state index in [1.165, 1.54) is 11.1 Å². The summed E-state index contributed by atoms with van der Waals surface area (Å²) in [6, 6.07) is 9.45. The molecule has 0 atom stereocenters. The standard InChI is InChI=1S/C18H30N2/c1-7-12-20(15(2)3)14-17-10-8-16(9-11-17)13-19-18(4,5)6/h7-11,15,19H,1,12-14H2,2-6H3. The summed E-state index contributed by atoms with van der Waals surface area (Å²) in [6.07, 6.45) is 1.97. The van der Waals surface area contributed by atoms with Gasteiger partial charge in [-0.25, -0.2) is 0 Å². The van der Waals surface area contributed by atoms with E-state index in [-0.39, 0.29) is 5.54 Å². The van der Waals surface area contributed by atoms with Gasteiger partial charge in [-0.2, -0.15) is 0 Å². The molecule has 0 spiro atoms. The highest BCUT2D eigenvalue weighted by Gasteiger charge is 2.10. The molecular weight excluding hydrogens is 244 g/mol. The van der Waals surface area contributed by atoms with Crippen molar-refractivity contribution in [3.8, 4) is 0 Å². The highest BCUT2D eigenvalue weighted by Crippen LogP contribution is 2.11. The fourth-order valence-electron chi connectivity index (χ4n) is 1.99. The highest BCUT2D eigenvalue weighted by molar-refractivity contribution is 5.22. The summed E-state index contributed by atoms with van der Waals surface area (Å²) in [6.45, 7) is 17.7. The Labute approximate surface area is 124 Å². The first-order valence-electron chi connectivity index (χ1n) is 7.49. The lowest BCUT2D eigenvalue weighted by Crippen LogP contribution is -2.35. The van der Waals surface area contributed by atoms with Gasteiger partial charge in [-0.1, -0.05) is 30.3 Å². The van der Waals surface area contributed by atoms with Crippen LogP contribution in [0.2, 0.25) is 0 Å². The van der Waals surface area contributed by atoms with Crippen molar-refractivity contribution in [2.24, 2.45) is 0 Å². The van der Waals surface area contributed by atoms with Crippen LogP contribution in [0, 0.1) is 0 Å². The van der Waals surface area contributed by atoms with Crippen LogP contribution in [0.5, 0.6) is 0 Å². The summed E-state index contributed by atoms with van der Waals surface area (Å²) >= 11 is 0. The normalized spacial score (nSPS) is 12.2. The van der Waals surface area contributed by atoms with Gasteiger partial charge in [-0.05, 0) is 45.7 Å². The molecule has 0 aliphatic rings. The zero-order valence-electron chi connectivity index (χ0n) is 13.7. The quantitative estimate of drug-likeness (QED) is 0.757. The summed E-state index contributed by atoms with van der Waals surface area (Å²) < 4.78 is 0. The van der Waals surface area contributed by atoms with Gasteiger partial charge in [-0.3, -0.25) is 4.90 Å². The molecule has 0 unspecified atom stereocenters. The van der Waals surface area contributed by atoms with Crippen LogP contribution in [0.1, 0.15) is 45.7 Å². The Bertz CT molecular complexity index is 398. The molecule has 0 amide bonds. The molecule has 2 heteroatoms. The van der Waals surface area contributed by atoms with E-state index in [9.17, 15) is 0 Å². The molecule has 0 saturated heterocycles. The Hall–Kier alpha value is -1.12. The number of benzene rings is 1. The fourth-order valence-corrected chi connectivity index (χ4v) is 1.99. The van der Waals surface area contributed by atoms with Crippen molar-refractivity contribution in [2.75, 3.05) is 6.54 Å². The monoisotopic (exact) mass is 274 g/mol. The second-order valence-corrected chi connectivity index (χ2v) is 6.73. The van der Waals surface area contributed by atoms with Crippen molar-refractivity contribution >= 4 is 0 Å². The Morgan fingerprint density at radius 1 is 1.15 bits per heavy atom. The largest absolute Gasteiger partial charge is 0.308 e. The smallest absolute Gasteiger partial charge is 0.0239 e. The first kappa shape index (κ1) is 16.9. The van der Waals surface area contributed by atoms with Crippen LogP contribution in [0.3, 0.4) is 0 Å². The molecule has 0 radical (unpaired) electrons. The molecule has 2 nitrogen and oxygen atoms in total. The molecule has 0 aliphatic carbocycles. The van der Waals surface area contributed by atoms with E-state index < -0.39 is 0 Å². The summed E-state index contributed by atoms with van der Waals surface area (Å²) in [5.74, 6) is 0. The van der Waals surface area contributed by atoms with Crippen LogP contribution in [0.15, 0.2) is 36.9 Å². The maximum Gasteiger partial charge on any atom is 0.0239 e. The van der Waals surface area contributed by atoms with E-state index in [1.54, 1.807) is 0 Å². The maximum absolute atomic E-state index is 3.84. The van der Waals surface area contributed by atoms with E-state index in [1.807, 2.05) is 6.08 Å². The van der Waals surface area contributed by atoms with E-state index in [2.05, 4.69) is 75.7 Å². The van der Waals surface area contributed by atoms with Crippen LogP contribution in [0.25, 0.3) is 0 Å².